The minimum absolute atomic E-state index is 0.200. The van der Waals surface area contributed by atoms with E-state index in [9.17, 15) is 13.2 Å². The van der Waals surface area contributed by atoms with Gasteiger partial charge < -0.3 is 11.1 Å². The lowest BCUT2D eigenvalue weighted by atomic mass is 10.0. The van der Waals surface area contributed by atoms with Crippen molar-refractivity contribution in [3.63, 3.8) is 0 Å². The number of nitrogens with one attached hydrogen (secondary N) is 2. The SMILES string of the molecule is CC1=NS(=O)(=O)NC(C)=C1CCC(=O)Nc1ccc(N)nc1. The molecule has 0 fully saturated rings. The fourth-order valence-electron chi connectivity index (χ4n) is 2.09. The van der Waals surface area contributed by atoms with Crippen LogP contribution in [0.2, 0.25) is 0 Å². The molecule has 0 atom stereocenters. The zero-order valence-corrected chi connectivity index (χ0v) is 13.1. The van der Waals surface area contributed by atoms with Crippen LogP contribution in [0.15, 0.2) is 34.0 Å². The lowest BCUT2D eigenvalue weighted by Gasteiger charge is -2.17. The maximum atomic E-state index is 11.9. The van der Waals surface area contributed by atoms with Gasteiger partial charge in [-0.15, -0.1) is 4.40 Å². The highest BCUT2D eigenvalue weighted by Crippen LogP contribution is 2.18. The van der Waals surface area contributed by atoms with Gasteiger partial charge in [0, 0.05) is 12.1 Å². The van der Waals surface area contributed by atoms with Crippen LogP contribution in [0.25, 0.3) is 0 Å². The molecule has 0 aromatic carbocycles. The average molecular weight is 323 g/mol. The van der Waals surface area contributed by atoms with Gasteiger partial charge in [-0.3, -0.25) is 9.52 Å². The number of rotatable bonds is 4. The summed E-state index contributed by atoms with van der Waals surface area (Å²) in [5, 5.41) is 2.70. The van der Waals surface area contributed by atoms with Gasteiger partial charge in [0.2, 0.25) is 5.91 Å². The van der Waals surface area contributed by atoms with Crippen LogP contribution in [0.5, 0.6) is 0 Å². The molecule has 0 spiro atoms. The first-order chi connectivity index (χ1) is 10.3. The van der Waals surface area contributed by atoms with Gasteiger partial charge in [-0.2, -0.15) is 8.42 Å². The first-order valence-corrected chi connectivity index (χ1v) is 8.01. The molecule has 0 aliphatic carbocycles. The molecule has 118 valence electrons. The second kappa shape index (κ2) is 6.14. The van der Waals surface area contributed by atoms with Crippen LogP contribution in [0, 0.1) is 0 Å². The van der Waals surface area contributed by atoms with Gasteiger partial charge in [0.25, 0.3) is 0 Å². The molecule has 22 heavy (non-hydrogen) atoms. The first kappa shape index (κ1) is 16.0. The second-order valence-electron chi connectivity index (χ2n) is 4.88. The fourth-order valence-corrected chi connectivity index (χ4v) is 3.12. The number of hydrogen-bond acceptors (Lipinski definition) is 5. The van der Waals surface area contributed by atoms with Crippen molar-refractivity contribution in [2.24, 2.45) is 4.40 Å². The first-order valence-electron chi connectivity index (χ1n) is 6.57. The Labute approximate surface area is 128 Å². The third kappa shape index (κ3) is 4.04. The van der Waals surface area contributed by atoms with E-state index in [1.807, 2.05) is 0 Å². The van der Waals surface area contributed by atoms with Crippen molar-refractivity contribution in [1.82, 2.24) is 9.71 Å². The number of nitrogen functional groups attached to an aromatic ring is 1. The molecule has 0 radical (unpaired) electrons. The number of amides is 1. The van der Waals surface area contributed by atoms with Gasteiger partial charge in [0.15, 0.2) is 0 Å². The Morgan fingerprint density at radius 1 is 1.36 bits per heavy atom. The molecular weight excluding hydrogens is 306 g/mol. The molecule has 1 aliphatic heterocycles. The van der Waals surface area contributed by atoms with E-state index in [-0.39, 0.29) is 12.3 Å². The molecule has 1 amide bonds. The molecule has 0 saturated heterocycles. The summed E-state index contributed by atoms with van der Waals surface area (Å²) in [6.07, 6.45) is 2.06. The number of hydrogen-bond donors (Lipinski definition) is 3. The summed E-state index contributed by atoms with van der Waals surface area (Å²) in [6, 6.07) is 3.25. The molecule has 9 heteroatoms. The lowest BCUT2D eigenvalue weighted by Crippen LogP contribution is -2.28. The molecule has 2 rings (SSSR count). The monoisotopic (exact) mass is 323 g/mol. The van der Waals surface area contributed by atoms with Gasteiger partial charge in [-0.05, 0) is 38.0 Å². The minimum atomic E-state index is -3.65. The third-order valence-corrected chi connectivity index (χ3v) is 4.18. The summed E-state index contributed by atoms with van der Waals surface area (Å²) in [6.45, 7) is 3.26. The summed E-state index contributed by atoms with van der Waals surface area (Å²) in [5.41, 5.74) is 7.64. The highest BCUT2D eigenvalue weighted by molar-refractivity contribution is 7.88. The van der Waals surface area contributed by atoms with Crippen molar-refractivity contribution in [3.05, 3.63) is 29.6 Å². The van der Waals surface area contributed by atoms with Crippen LogP contribution < -0.4 is 15.8 Å². The zero-order valence-electron chi connectivity index (χ0n) is 12.3. The Balaban J connectivity index is 1.97. The highest BCUT2D eigenvalue weighted by Gasteiger charge is 2.20. The number of carbonyl (C=O) groups is 1. The van der Waals surface area contributed by atoms with Crippen LogP contribution in [-0.4, -0.2) is 25.0 Å². The fraction of sp³-hybridized carbons (Fsp3) is 0.308. The smallest absolute Gasteiger partial charge is 0.342 e. The topological polar surface area (TPSA) is 127 Å². The Hall–Kier alpha value is -2.42. The van der Waals surface area contributed by atoms with Crippen molar-refractivity contribution in [3.8, 4) is 0 Å². The van der Waals surface area contributed by atoms with E-state index in [1.165, 1.54) is 6.20 Å². The Morgan fingerprint density at radius 3 is 2.68 bits per heavy atom. The normalized spacial score (nSPS) is 16.7. The molecule has 0 unspecified atom stereocenters. The summed E-state index contributed by atoms with van der Waals surface area (Å²) in [5.74, 6) is 0.174. The van der Waals surface area contributed by atoms with Gasteiger partial charge in [-0.1, -0.05) is 0 Å². The van der Waals surface area contributed by atoms with E-state index in [0.29, 0.717) is 29.3 Å². The Morgan fingerprint density at radius 2 is 2.09 bits per heavy atom. The Kier molecular flexibility index (Phi) is 4.45. The minimum Gasteiger partial charge on any atom is -0.384 e. The Bertz CT molecular complexity index is 750. The second-order valence-corrected chi connectivity index (χ2v) is 6.21. The number of allylic oxidation sites excluding steroid dienone is 2. The van der Waals surface area contributed by atoms with Crippen molar-refractivity contribution < 1.29 is 13.2 Å². The summed E-state index contributed by atoms with van der Waals surface area (Å²) >= 11 is 0. The van der Waals surface area contributed by atoms with Crippen LogP contribution in [0.4, 0.5) is 11.5 Å². The number of anilines is 2. The molecule has 1 aliphatic rings. The van der Waals surface area contributed by atoms with E-state index < -0.39 is 10.2 Å². The van der Waals surface area contributed by atoms with E-state index in [0.717, 1.165) is 5.57 Å². The lowest BCUT2D eigenvalue weighted by molar-refractivity contribution is -0.116. The zero-order chi connectivity index (χ0) is 16.3. The molecule has 8 nitrogen and oxygen atoms in total. The van der Waals surface area contributed by atoms with Crippen LogP contribution in [0.1, 0.15) is 26.7 Å². The van der Waals surface area contributed by atoms with E-state index in [2.05, 4.69) is 19.4 Å². The van der Waals surface area contributed by atoms with Gasteiger partial charge in [0.05, 0.1) is 17.6 Å². The number of nitrogens with zero attached hydrogens (tertiary/aromatic N) is 2. The number of aromatic nitrogens is 1. The van der Waals surface area contributed by atoms with Gasteiger partial charge in [-0.25, -0.2) is 4.98 Å². The largest absolute Gasteiger partial charge is 0.384 e. The molecule has 4 N–H and O–H groups in total. The third-order valence-electron chi connectivity index (χ3n) is 3.10. The van der Waals surface area contributed by atoms with Crippen LogP contribution in [0.3, 0.4) is 0 Å². The highest BCUT2D eigenvalue weighted by atomic mass is 32.2. The van der Waals surface area contributed by atoms with Crippen molar-refractivity contribution in [2.45, 2.75) is 26.7 Å². The van der Waals surface area contributed by atoms with Crippen LogP contribution >= 0.6 is 0 Å². The quantitative estimate of drug-likeness (QED) is 0.761. The molecule has 2 heterocycles. The van der Waals surface area contributed by atoms with Crippen molar-refractivity contribution >= 4 is 33.3 Å². The summed E-state index contributed by atoms with van der Waals surface area (Å²) in [4.78, 5) is 15.8. The predicted molar refractivity (Wildman–Crippen MR) is 84.4 cm³/mol. The molecule has 0 saturated carbocycles. The summed E-state index contributed by atoms with van der Waals surface area (Å²) < 4.78 is 28.7. The van der Waals surface area contributed by atoms with Gasteiger partial charge >= 0.3 is 10.2 Å². The number of pyridine rings is 1. The van der Waals surface area contributed by atoms with Gasteiger partial charge in [0.1, 0.15) is 5.82 Å². The maximum absolute atomic E-state index is 11.9. The molecule has 1 aromatic rings. The predicted octanol–water partition coefficient (Wildman–Crippen LogP) is 0.965. The molecule has 1 aromatic heterocycles. The molecule has 0 bridgehead atoms. The standard InChI is InChI=1S/C13H17N5O3S/c1-8-11(9(2)18-22(20,21)17-8)4-6-13(19)16-10-3-5-12(14)15-7-10/h3,5,7,17H,4,6H2,1-2H3,(H2,14,15)(H,16,19). The summed E-state index contributed by atoms with van der Waals surface area (Å²) in [7, 11) is -3.65. The average Bonchev–Trinajstić information content (AvgIpc) is 2.39. The van der Waals surface area contributed by atoms with Crippen molar-refractivity contribution in [2.75, 3.05) is 11.1 Å². The number of nitrogens with two attached hydrogens (primary N) is 1. The van der Waals surface area contributed by atoms with Crippen LogP contribution in [-0.2, 0) is 15.0 Å². The number of carbonyl (C=O) groups excluding carboxylic acids is 1. The van der Waals surface area contributed by atoms with E-state index >= 15 is 0 Å². The van der Waals surface area contributed by atoms with E-state index in [4.69, 9.17) is 5.73 Å². The molecular formula is C13H17N5O3S. The maximum Gasteiger partial charge on any atom is 0.342 e. The van der Waals surface area contributed by atoms with E-state index in [1.54, 1.807) is 26.0 Å². The van der Waals surface area contributed by atoms with Crippen molar-refractivity contribution in [1.29, 1.82) is 0 Å².